The smallest absolute Gasteiger partial charge is 0.259 e. The van der Waals surface area contributed by atoms with E-state index in [0.717, 1.165) is 12.1 Å². The van der Waals surface area contributed by atoms with Crippen molar-refractivity contribution in [1.29, 1.82) is 5.26 Å². The quantitative estimate of drug-likeness (QED) is 0.305. The van der Waals surface area contributed by atoms with Crippen molar-refractivity contribution in [2.45, 2.75) is 70.1 Å². The van der Waals surface area contributed by atoms with Crippen LogP contribution < -0.4 is 5.56 Å². The number of carbonyl (C=O) groups is 1. The molecule has 42 heavy (non-hydrogen) atoms. The molecule has 1 aliphatic heterocycles. The number of aromatic nitrogens is 4. The molecule has 0 amide bonds. The Morgan fingerprint density at radius 3 is 2.67 bits per heavy atom. The second-order valence-electron chi connectivity index (χ2n) is 11.0. The third-order valence-electron chi connectivity index (χ3n) is 8.33. The van der Waals surface area contributed by atoms with Crippen molar-refractivity contribution in [2.75, 3.05) is 13.2 Å². The molecule has 0 spiro atoms. The third kappa shape index (κ3) is 5.26. The summed E-state index contributed by atoms with van der Waals surface area (Å²) in [5.41, 5.74) is 3.20. The van der Waals surface area contributed by atoms with Crippen LogP contribution in [0.15, 0.2) is 53.6 Å². The number of hydrogen-bond acceptors (Lipinski definition) is 7. The average molecular weight is 570 g/mol. The van der Waals surface area contributed by atoms with Gasteiger partial charge >= 0.3 is 0 Å². The van der Waals surface area contributed by atoms with Gasteiger partial charge < -0.3 is 9.47 Å². The molecule has 1 saturated heterocycles. The molecule has 0 radical (unpaired) electrons. The van der Waals surface area contributed by atoms with Gasteiger partial charge in [-0.2, -0.15) is 15.3 Å². The summed E-state index contributed by atoms with van der Waals surface area (Å²) < 4.78 is 30.3. The van der Waals surface area contributed by atoms with Gasteiger partial charge in [-0.05, 0) is 60.9 Å². The lowest BCUT2D eigenvalue weighted by atomic mass is 9.92. The summed E-state index contributed by atoms with van der Waals surface area (Å²) in [6.07, 6.45) is 5.13. The van der Waals surface area contributed by atoms with Crippen LogP contribution in [0.1, 0.15) is 67.5 Å². The number of rotatable bonds is 8. The molecule has 0 unspecified atom stereocenters. The molecule has 1 aliphatic carbocycles. The summed E-state index contributed by atoms with van der Waals surface area (Å²) in [5, 5.41) is 13.9. The van der Waals surface area contributed by atoms with Gasteiger partial charge in [-0.25, -0.2) is 8.91 Å². The summed E-state index contributed by atoms with van der Waals surface area (Å²) in [6, 6.07) is 14.0. The first-order valence-corrected chi connectivity index (χ1v) is 14.5. The molecular formula is C32H32FN5O4. The molecule has 2 aliphatic rings. The molecule has 1 atom stereocenters. The van der Waals surface area contributed by atoms with Gasteiger partial charge in [0.2, 0.25) is 5.78 Å². The van der Waals surface area contributed by atoms with Gasteiger partial charge in [0.25, 0.3) is 5.56 Å². The highest BCUT2D eigenvalue weighted by Crippen LogP contribution is 2.32. The second-order valence-corrected chi connectivity index (χ2v) is 11.0. The van der Waals surface area contributed by atoms with E-state index in [0.29, 0.717) is 72.3 Å². The summed E-state index contributed by atoms with van der Waals surface area (Å²) >= 11 is 0. The molecule has 0 N–H and O–H groups in total. The first-order chi connectivity index (χ1) is 20.5. The van der Waals surface area contributed by atoms with Crippen molar-refractivity contribution in [3.63, 3.8) is 0 Å². The zero-order chi connectivity index (χ0) is 29.2. The zero-order valence-electron chi connectivity index (χ0n) is 23.5. The van der Waals surface area contributed by atoms with Crippen LogP contribution in [0.3, 0.4) is 0 Å². The maximum absolute atomic E-state index is 15.6. The number of nitrogens with zero attached hydrogens (tertiary/aromatic N) is 5. The minimum Gasteiger partial charge on any atom is -0.370 e. The normalized spacial score (nSPS) is 20.7. The summed E-state index contributed by atoms with van der Waals surface area (Å²) in [6.45, 7) is 2.42. The summed E-state index contributed by atoms with van der Waals surface area (Å²) in [7, 11) is 0. The number of halogens is 1. The van der Waals surface area contributed by atoms with Gasteiger partial charge in [0.05, 0.1) is 30.0 Å². The number of Topliss-reactive ketones (excluding diaryl/α,β-unsaturated/α-hetero) is 1. The molecule has 1 saturated carbocycles. The van der Waals surface area contributed by atoms with Crippen LogP contribution in [0.2, 0.25) is 0 Å². The van der Waals surface area contributed by atoms with Crippen molar-refractivity contribution in [3.8, 4) is 17.2 Å². The molecule has 9 nitrogen and oxygen atoms in total. The molecule has 2 aromatic carbocycles. The Hall–Kier alpha value is -4.20. The van der Waals surface area contributed by atoms with E-state index in [1.54, 1.807) is 39.4 Å². The Morgan fingerprint density at radius 1 is 1.14 bits per heavy atom. The minimum absolute atomic E-state index is 0.0239. The lowest BCUT2D eigenvalue weighted by molar-refractivity contribution is -0.130. The highest BCUT2D eigenvalue weighted by Gasteiger charge is 2.33. The van der Waals surface area contributed by atoms with Gasteiger partial charge in [0, 0.05) is 18.0 Å². The first kappa shape index (κ1) is 27.9. The van der Waals surface area contributed by atoms with Crippen molar-refractivity contribution in [1.82, 2.24) is 19.2 Å². The van der Waals surface area contributed by atoms with Gasteiger partial charge in [-0.3, -0.25) is 14.2 Å². The molecule has 2 aromatic heterocycles. The summed E-state index contributed by atoms with van der Waals surface area (Å²) in [5.74, 6) is 0.0273. The van der Waals surface area contributed by atoms with E-state index in [1.165, 1.54) is 12.4 Å². The Bertz CT molecular complexity index is 1730. The topological polar surface area (TPSA) is 112 Å². The highest BCUT2D eigenvalue weighted by molar-refractivity contribution is 5.86. The van der Waals surface area contributed by atoms with Crippen LogP contribution in [0.4, 0.5) is 4.39 Å². The molecule has 4 aromatic rings. The van der Waals surface area contributed by atoms with E-state index in [1.807, 2.05) is 13.0 Å². The standard InChI is InChI=1S/C32H32FN5O4/c1-2-5-28-26(14-21-9-8-20(15-27(21)33)25-7-4-3-6-22(25)16-34)31(40)37(32-35-19-36-38(28)32)23-10-12-24(13-11-23)42-30-18-41-17-29(30)39/h3-4,6-9,15,19,23-24,30H,2,5,10-14,17-18H2,1H3/t23?,24?,30-/m1/s1. The monoisotopic (exact) mass is 569 g/mol. The maximum atomic E-state index is 15.6. The van der Waals surface area contributed by atoms with E-state index in [2.05, 4.69) is 16.2 Å². The number of fused-ring (bicyclic) bond motifs is 1. The lowest BCUT2D eigenvalue weighted by Gasteiger charge is -2.31. The second kappa shape index (κ2) is 12.0. The molecule has 0 bridgehead atoms. The number of ketones is 1. The molecule has 6 rings (SSSR count). The molecular weight excluding hydrogens is 537 g/mol. The van der Waals surface area contributed by atoms with E-state index < -0.39 is 11.9 Å². The van der Waals surface area contributed by atoms with Crippen LogP contribution in [0.25, 0.3) is 16.9 Å². The highest BCUT2D eigenvalue weighted by atomic mass is 19.1. The van der Waals surface area contributed by atoms with Crippen molar-refractivity contribution < 1.29 is 18.7 Å². The Morgan fingerprint density at radius 2 is 1.95 bits per heavy atom. The molecule has 3 heterocycles. The van der Waals surface area contributed by atoms with Gasteiger partial charge in [-0.15, -0.1) is 0 Å². The Labute approximate surface area is 242 Å². The minimum atomic E-state index is -0.507. The lowest BCUT2D eigenvalue weighted by Crippen LogP contribution is -2.36. The number of nitriles is 1. The van der Waals surface area contributed by atoms with Gasteiger partial charge in [0.1, 0.15) is 24.9 Å². The van der Waals surface area contributed by atoms with E-state index in [4.69, 9.17) is 9.47 Å². The van der Waals surface area contributed by atoms with Gasteiger partial charge in [-0.1, -0.05) is 43.7 Å². The predicted molar refractivity (Wildman–Crippen MR) is 153 cm³/mol. The van der Waals surface area contributed by atoms with E-state index in [9.17, 15) is 14.9 Å². The van der Waals surface area contributed by atoms with Crippen molar-refractivity contribution >= 4 is 11.6 Å². The zero-order valence-corrected chi connectivity index (χ0v) is 23.5. The van der Waals surface area contributed by atoms with E-state index in [-0.39, 0.29) is 36.5 Å². The molecule has 216 valence electrons. The van der Waals surface area contributed by atoms with Crippen LogP contribution in [-0.4, -0.2) is 50.4 Å². The number of hydrogen-bond donors (Lipinski definition) is 0. The van der Waals surface area contributed by atoms with Crippen molar-refractivity contribution in [3.05, 3.63) is 87.3 Å². The van der Waals surface area contributed by atoms with E-state index >= 15 is 4.39 Å². The maximum Gasteiger partial charge on any atom is 0.259 e. The molecule has 2 fully saturated rings. The fraction of sp³-hybridized carbons (Fsp3) is 0.406. The van der Waals surface area contributed by atoms with Crippen LogP contribution in [0, 0.1) is 17.1 Å². The number of ether oxygens (including phenoxy) is 2. The number of aryl methyl sites for hydroxylation is 1. The number of benzene rings is 2. The van der Waals surface area contributed by atoms with Gasteiger partial charge in [0.15, 0.2) is 5.78 Å². The average Bonchev–Trinajstić information content (AvgIpc) is 3.65. The fourth-order valence-electron chi connectivity index (χ4n) is 6.20. The van der Waals surface area contributed by atoms with Crippen LogP contribution in [-0.2, 0) is 27.1 Å². The SMILES string of the molecule is CCCc1c(Cc2ccc(-c3ccccc3C#N)cc2F)c(=O)n(C2CCC(O[C@@H]3COCC3=O)CC2)c2ncnn12. The predicted octanol–water partition coefficient (Wildman–Crippen LogP) is 4.58. The third-order valence-corrected chi connectivity index (χ3v) is 8.33. The Balaban J connectivity index is 1.32. The van der Waals surface area contributed by atoms with Crippen LogP contribution in [0.5, 0.6) is 0 Å². The van der Waals surface area contributed by atoms with Crippen LogP contribution >= 0.6 is 0 Å². The Kier molecular flexibility index (Phi) is 7.96. The van der Waals surface area contributed by atoms with Crippen molar-refractivity contribution in [2.24, 2.45) is 0 Å². The number of carbonyl (C=O) groups excluding carboxylic acids is 1. The molecule has 10 heteroatoms. The summed E-state index contributed by atoms with van der Waals surface area (Å²) in [4.78, 5) is 30.6. The fourth-order valence-corrected chi connectivity index (χ4v) is 6.20. The first-order valence-electron chi connectivity index (χ1n) is 14.5. The largest absolute Gasteiger partial charge is 0.370 e.